The van der Waals surface area contributed by atoms with Crippen LogP contribution in [0.1, 0.15) is 38.7 Å². The number of hydrogen-bond acceptors (Lipinski definition) is 4. The second-order valence-electron chi connectivity index (χ2n) is 6.39. The number of para-hydroxylation sites is 1. The van der Waals surface area contributed by atoms with Crippen LogP contribution >= 0.6 is 0 Å². The lowest BCUT2D eigenvalue weighted by molar-refractivity contribution is -0.151. The first-order chi connectivity index (χ1) is 11.5. The van der Waals surface area contributed by atoms with Crippen molar-refractivity contribution in [2.75, 3.05) is 6.61 Å². The van der Waals surface area contributed by atoms with Crippen LogP contribution in [0.25, 0.3) is 0 Å². The van der Waals surface area contributed by atoms with Gasteiger partial charge >= 0.3 is 5.97 Å². The molecule has 0 radical (unpaired) electrons. The lowest BCUT2D eigenvalue weighted by atomic mass is 10.1. The van der Waals surface area contributed by atoms with Crippen molar-refractivity contribution in [1.82, 2.24) is 5.32 Å². The van der Waals surface area contributed by atoms with Gasteiger partial charge in [-0.3, -0.25) is 4.79 Å². The molecular weight excluding hydrogens is 310 g/mol. The fourth-order valence-corrected chi connectivity index (χ4v) is 2.50. The summed E-state index contributed by atoms with van der Waals surface area (Å²) in [7, 11) is 0. The number of hydrogen-bond donors (Lipinski definition) is 2. The summed E-state index contributed by atoms with van der Waals surface area (Å²) in [5.41, 5.74) is 0.891. The van der Waals surface area contributed by atoms with Gasteiger partial charge in [0.05, 0.1) is 6.61 Å². The predicted octanol–water partition coefficient (Wildman–Crippen LogP) is 2.36. The van der Waals surface area contributed by atoms with Crippen molar-refractivity contribution < 1.29 is 24.2 Å². The van der Waals surface area contributed by atoms with Crippen molar-refractivity contribution in [3.8, 4) is 5.75 Å². The number of benzene rings is 1. The Labute approximate surface area is 142 Å². The molecule has 6 nitrogen and oxygen atoms in total. The van der Waals surface area contributed by atoms with Crippen LogP contribution in [0, 0.1) is 5.92 Å². The van der Waals surface area contributed by atoms with Gasteiger partial charge in [0.1, 0.15) is 11.9 Å². The minimum atomic E-state index is -1.02. The molecule has 1 saturated heterocycles. The van der Waals surface area contributed by atoms with Gasteiger partial charge in [0, 0.05) is 12.1 Å². The summed E-state index contributed by atoms with van der Waals surface area (Å²) in [4.78, 5) is 23.0. The highest BCUT2D eigenvalue weighted by atomic mass is 16.5. The standard InChI is InChI=1S/C18H25NO5/c1-12(2)9-10-23-14-6-4-3-5-13(14)11-19-17(20)15-7-8-16(24-15)18(21)22/h3-6,12,15-16H,7-11H2,1-2H3,(H,19,20)(H,21,22)/t15-,16+/m0/s1. The second kappa shape index (κ2) is 8.68. The largest absolute Gasteiger partial charge is 0.493 e. The van der Waals surface area contributed by atoms with Crippen molar-refractivity contribution >= 4 is 11.9 Å². The monoisotopic (exact) mass is 335 g/mol. The maximum Gasteiger partial charge on any atom is 0.332 e. The van der Waals surface area contributed by atoms with E-state index >= 15 is 0 Å². The summed E-state index contributed by atoms with van der Waals surface area (Å²) >= 11 is 0. The molecule has 0 aliphatic carbocycles. The highest BCUT2D eigenvalue weighted by Gasteiger charge is 2.34. The maximum atomic E-state index is 12.1. The number of carbonyl (C=O) groups is 2. The van der Waals surface area contributed by atoms with Crippen LogP contribution in [0.2, 0.25) is 0 Å². The zero-order chi connectivity index (χ0) is 17.5. The van der Waals surface area contributed by atoms with E-state index in [-0.39, 0.29) is 5.91 Å². The van der Waals surface area contributed by atoms with Crippen LogP contribution in [-0.4, -0.2) is 35.8 Å². The Kier molecular flexibility index (Phi) is 6.61. The first-order valence-electron chi connectivity index (χ1n) is 8.34. The molecule has 0 aromatic heterocycles. The third kappa shape index (κ3) is 5.23. The van der Waals surface area contributed by atoms with Crippen LogP contribution in [-0.2, 0) is 20.9 Å². The van der Waals surface area contributed by atoms with E-state index in [1.807, 2.05) is 24.3 Å². The average Bonchev–Trinajstić information content (AvgIpc) is 3.03. The Bertz CT molecular complexity index is 572. The summed E-state index contributed by atoms with van der Waals surface area (Å²) < 4.78 is 11.0. The van der Waals surface area contributed by atoms with Gasteiger partial charge in [-0.05, 0) is 31.2 Å². The summed E-state index contributed by atoms with van der Waals surface area (Å²) in [6.45, 7) is 5.24. The van der Waals surface area contributed by atoms with Crippen molar-refractivity contribution in [2.45, 2.75) is 51.9 Å². The quantitative estimate of drug-likeness (QED) is 0.762. The van der Waals surface area contributed by atoms with Gasteiger partial charge in [0.25, 0.3) is 0 Å². The highest BCUT2D eigenvalue weighted by Crippen LogP contribution is 2.21. The van der Waals surface area contributed by atoms with E-state index in [4.69, 9.17) is 14.6 Å². The number of nitrogens with one attached hydrogen (secondary N) is 1. The van der Waals surface area contributed by atoms with E-state index in [0.29, 0.717) is 31.9 Å². The minimum absolute atomic E-state index is 0.282. The zero-order valence-electron chi connectivity index (χ0n) is 14.2. The van der Waals surface area contributed by atoms with E-state index < -0.39 is 18.2 Å². The van der Waals surface area contributed by atoms with E-state index in [2.05, 4.69) is 19.2 Å². The lowest BCUT2D eigenvalue weighted by Gasteiger charge is -2.15. The molecule has 132 valence electrons. The second-order valence-corrected chi connectivity index (χ2v) is 6.39. The van der Waals surface area contributed by atoms with E-state index in [1.165, 1.54) is 0 Å². The third-order valence-electron chi connectivity index (χ3n) is 3.97. The molecule has 0 spiro atoms. The number of carboxylic acids is 1. The Balaban J connectivity index is 1.85. The molecule has 1 aromatic carbocycles. The maximum absolute atomic E-state index is 12.1. The lowest BCUT2D eigenvalue weighted by Crippen LogP contribution is -2.35. The minimum Gasteiger partial charge on any atom is -0.493 e. The molecule has 0 unspecified atom stereocenters. The van der Waals surface area contributed by atoms with Crippen LogP contribution in [0.5, 0.6) is 5.75 Å². The van der Waals surface area contributed by atoms with E-state index in [0.717, 1.165) is 17.7 Å². The number of carboxylic acid groups (broad SMARTS) is 1. The van der Waals surface area contributed by atoms with Crippen LogP contribution in [0.3, 0.4) is 0 Å². The van der Waals surface area contributed by atoms with Gasteiger partial charge in [-0.25, -0.2) is 4.79 Å². The number of carbonyl (C=O) groups excluding carboxylic acids is 1. The molecule has 2 rings (SSSR count). The zero-order valence-corrected chi connectivity index (χ0v) is 14.2. The first kappa shape index (κ1) is 18.3. The Morgan fingerprint density at radius 3 is 2.67 bits per heavy atom. The summed E-state index contributed by atoms with van der Waals surface area (Å²) in [6.07, 6.45) is 0.178. The average molecular weight is 335 g/mol. The SMILES string of the molecule is CC(C)CCOc1ccccc1CNC(=O)[C@@H]1CC[C@H](C(=O)O)O1. The number of ether oxygens (including phenoxy) is 2. The predicted molar refractivity (Wildman–Crippen MR) is 88.8 cm³/mol. The topological polar surface area (TPSA) is 84.9 Å². The number of rotatable bonds is 8. The Morgan fingerprint density at radius 1 is 1.29 bits per heavy atom. The molecule has 2 N–H and O–H groups in total. The highest BCUT2D eigenvalue weighted by molar-refractivity contribution is 5.82. The number of amides is 1. The normalized spacial score (nSPS) is 20.1. The summed E-state index contributed by atoms with van der Waals surface area (Å²) in [5, 5.41) is 11.7. The summed E-state index contributed by atoms with van der Waals surface area (Å²) in [6, 6.07) is 7.58. The van der Waals surface area contributed by atoms with Gasteiger partial charge in [0.15, 0.2) is 6.10 Å². The van der Waals surface area contributed by atoms with Gasteiger partial charge < -0.3 is 19.9 Å². The van der Waals surface area contributed by atoms with Crippen molar-refractivity contribution in [3.63, 3.8) is 0 Å². The van der Waals surface area contributed by atoms with E-state index in [9.17, 15) is 9.59 Å². The molecule has 0 bridgehead atoms. The van der Waals surface area contributed by atoms with E-state index in [1.54, 1.807) is 0 Å². The van der Waals surface area contributed by atoms with Gasteiger partial charge in [0.2, 0.25) is 5.91 Å². The van der Waals surface area contributed by atoms with Crippen molar-refractivity contribution in [1.29, 1.82) is 0 Å². The molecule has 1 aliphatic rings. The van der Waals surface area contributed by atoms with Crippen molar-refractivity contribution in [3.05, 3.63) is 29.8 Å². The van der Waals surface area contributed by atoms with Gasteiger partial charge in [-0.1, -0.05) is 32.0 Å². The van der Waals surface area contributed by atoms with Crippen molar-refractivity contribution in [2.24, 2.45) is 5.92 Å². The smallest absolute Gasteiger partial charge is 0.332 e. The Morgan fingerprint density at radius 2 is 2.00 bits per heavy atom. The first-order valence-corrected chi connectivity index (χ1v) is 8.34. The molecule has 1 aliphatic heterocycles. The van der Waals surface area contributed by atoms with Crippen LogP contribution in [0.4, 0.5) is 0 Å². The molecular formula is C18H25NO5. The molecule has 1 fully saturated rings. The number of aliphatic carboxylic acids is 1. The van der Waals surface area contributed by atoms with Crippen LogP contribution in [0.15, 0.2) is 24.3 Å². The van der Waals surface area contributed by atoms with Gasteiger partial charge in [-0.2, -0.15) is 0 Å². The molecule has 24 heavy (non-hydrogen) atoms. The fraction of sp³-hybridized carbons (Fsp3) is 0.556. The fourth-order valence-electron chi connectivity index (χ4n) is 2.50. The Hall–Kier alpha value is -2.08. The molecule has 0 saturated carbocycles. The van der Waals surface area contributed by atoms with Gasteiger partial charge in [-0.15, -0.1) is 0 Å². The molecule has 6 heteroatoms. The molecule has 1 amide bonds. The third-order valence-corrected chi connectivity index (χ3v) is 3.97. The molecule has 2 atom stereocenters. The summed E-state index contributed by atoms with van der Waals surface area (Å²) in [5.74, 6) is 0.0256. The molecule has 1 aromatic rings. The molecule has 1 heterocycles. The van der Waals surface area contributed by atoms with Crippen LogP contribution < -0.4 is 10.1 Å².